The van der Waals surface area contributed by atoms with Gasteiger partial charge in [-0.1, -0.05) is 25.1 Å². The fourth-order valence-electron chi connectivity index (χ4n) is 1.91. The molecule has 0 aliphatic carbocycles. The lowest BCUT2D eigenvalue weighted by Crippen LogP contribution is -2.41. The Morgan fingerprint density at radius 2 is 1.86 bits per heavy atom. The lowest BCUT2D eigenvalue weighted by atomic mass is 10.00. The molecule has 0 aromatic heterocycles. The predicted octanol–water partition coefficient (Wildman–Crippen LogP) is 2.17. The van der Waals surface area contributed by atoms with Gasteiger partial charge in [0.05, 0.1) is 5.56 Å². The normalized spacial score (nSPS) is 11.7. The van der Waals surface area contributed by atoms with E-state index < -0.39 is 17.9 Å². The summed E-state index contributed by atoms with van der Waals surface area (Å²) >= 11 is 3.98. The van der Waals surface area contributed by atoms with E-state index in [0.717, 1.165) is 0 Å². The number of rotatable bonds is 8. The van der Waals surface area contributed by atoms with Crippen LogP contribution in [-0.2, 0) is 4.79 Å². The Labute approximate surface area is 129 Å². The third-order valence-corrected chi connectivity index (χ3v) is 3.23. The minimum atomic E-state index is -1.12. The summed E-state index contributed by atoms with van der Waals surface area (Å²) in [5, 5.41) is 11.5. The fraction of sp³-hybridized carbons (Fsp3) is 0.400. The van der Waals surface area contributed by atoms with Crippen molar-refractivity contribution in [3.63, 3.8) is 0 Å². The molecule has 0 aliphatic heterocycles. The monoisotopic (exact) mass is 309 g/mol. The molecule has 114 valence electrons. The molecule has 0 unspecified atom stereocenters. The topological polar surface area (TPSA) is 83.5 Å². The van der Waals surface area contributed by atoms with Gasteiger partial charge in [0.2, 0.25) is 0 Å². The molecule has 1 atom stereocenters. The van der Waals surface area contributed by atoms with Gasteiger partial charge in [0, 0.05) is 12.0 Å². The van der Waals surface area contributed by atoms with E-state index in [1.807, 2.05) is 6.92 Å². The first-order valence-electron chi connectivity index (χ1n) is 6.78. The minimum absolute atomic E-state index is 0.121. The second kappa shape index (κ2) is 8.46. The van der Waals surface area contributed by atoms with E-state index >= 15 is 0 Å². The molecule has 1 aromatic rings. The number of nitrogens with one attached hydrogen (secondary N) is 1. The van der Waals surface area contributed by atoms with E-state index in [0.29, 0.717) is 24.2 Å². The minimum Gasteiger partial charge on any atom is -0.480 e. The molecule has 0 fully saturated rings. The number of carboxylic acid groups (broad SMARTS) is 1. The number of aliphatic carboxylic acids is 1. The van der Waals surface area contributed by atoms with Crippen molar-refractivity contribution in [3.8, 4) is 0 Å². The summed E-state index contributed by atoms with van der Waals surface area (Å²) < 4.78 is 0. The average molecular weight is 309 g/mol. The van der Waals surface area contributed by atoms with Gasteiger partial charge in [0.15, 0.2) is 5.78 Å². The largest absolute Gasteiger partial charge is 0.480 e. The van der Waals surface area contributed by atoms with Crippen molar-refractivity contribution in [2.75, 3.05) is 5.75 Å². The van der Waals surface area contributed by atoms with Crippen LogP contribution in [0.2, 0.25) is 0 Å². The molecule has 0 saturated carbocycles. The smallest absolute Gasteiger partial charge is 0.326 e. The van der Waals surface area contributed by atoms with E-state index in [9.17, 15) is 14.4 Å². The highest BCUT2D eigenvalue weighted by Crippen LogP contribution is 2.13. The third kappa shape index (κ3) is 4.90. The van der Waals surface area contributed by atoms with E-state index in [1.54, 1.807) is 18.2 Å². The molecule has 0 spiro atoms. The van der Waals surface area contributed by atoms with Crippen LogP contribution < -0.4 is 5.32 Å². The number of benzene rings is 1. The van der Waals surface area contributed by atoms with Crippen LogP contribution in [0.5, 0.6) is 0 Å². The van der Waals surface area contributed by atoms with Crippen LogP contribution in [0.1, 0.15) is 46.9 Å². The fourth-order valence-corrected chi connectivity index (χ4v) is 2.17. The quantitative estimate of drug-likeness (QED) is 0.507. The van der Waals surface area contributed by atoms with Gasteiger partial charge in [-0.2, -0.15) is 12.6 Å². The zero-order valence-electron chi connectivity index (χ0n) is 11.8. The van der Waals surface area contributed by atoms with E-state index in [-0.39, 0.29) is 17.8 Å². The number of hydrogen-bond acceptors (Lipinski definition) is 4. The third-order valence-electron chi connectivity index (χ3n) is 2.97. The highest BCUT2D eigenvalue weighted by molar-refractivity contribution is 7.80. The van der Waals surface area contributed by atoms with Crippen LogP contribution in [0.15, 0.2) is 24.3 Å². The molecular formula is C15H19NO4S. The lowest BCUT2D eigenvalue weighted by molar-refractivity contribution is -0.139. The van der Waals surface area contributed by atoms with Gasteiger partial charge in [-0.3, -0.25) is 9.59 Å². The van der Waals surface area contributed by atoms with Gasteiger partial charge in [-0.15, -0.1) is 0 Å². The standard InChI is InChI=1S/C15H19NO4S/c1-2-5-13(17)10-6-3-4-7-11(10)14(18)16-12(8-9-21)15(19)20/h3-4,6-7,12,21H,2,5,8-9H2,1H3,(H,16,18)(H,19,20)/t12-/m0/s1. The van der Waals surface area contributed by atoms with Crippen molar-refractivity contribution < 1.29 is 19.5 Å². The highest BCUT2D eigenvalue weighted by Gasteiger charge is 2.22. The first kappa shape index (κ1) is 17.2. The summed E-state index contributed by atoms with van der Waals surface area (Å²) in [6.45, 7) is 1.88. The Morgan fingerprint density at radius 1 is 1.24 bits per heavy atom. The van der Waals surface area contributed by atoms with Crippen molar-refractivity contribution in [1.82, 2.24) is 5.32 Å². The van der Waals surface area contributed by atoms with Crippen molar-refractivity contribution in [1.29, 1.82) is 0 Å². The summed E-state index contributed by atoms with van der Waals surface area (Å²) in [5.41, 5.74) is 0.535. The number of carbonyl (C=O) groups excluding carboxylic acids is 2. The van der Waals surface area contributed by atoms with E-state index in [4.69, 9.17) is 5.11 Å². The second-order valence-electron chi connectivity index (χ2n) is 4.60. The summed E-state index contributed by atoms with van der Waals surface area (Å²) in [6, 6.07) is 5.43. The predicted molar refractivity (Wildman–Crippen MR) is 83.0 cm³/mol. The molecule has 0 radical (unpaired) electrons. The average Bonchev–Trinajstić information content (AvgIpc) is 2.46. The molecule has 21 heavy (non-hydrogen) atoms. The first-order valence-corrected chi connectivity index (χ1v) is 7.41. The van der Waals surface area contributed by atoms with Crippen molar-refractivity contribution in [2.24, 2.45) is 0 Å². The van der Waals surface area contributed by atoms with Crippen LogP contribution >= 0.6 is 12.6 Å². The van der Waals surface area contributed by atoms with Gasteiger partial charge in [-0.05, 0) is 24.7 Å². The number of amides is 1. The van der Waals surface area contributed by atoms with Crippen molar-refractivity contribution in [3.05, 3.63) is 35.4 Å². The number of hydrogen-bond donors (Lipinski definition) is 3. The molecule has 1 rings (SSSR count). The number of Topliss-reactive ketones (excluding diaryl/α,β-unsaturated/α-hetero) is 1. The Morgan fingerprint density at radius 3 is 2.38 bits per heavy atom. The number of carboxylic acids is 1. The van der Waals surface area contributed by atoms with Gasteiger partial charge >= 0.3 is 5.97 Å². The van der Waals surface area contributed by atoms with E-state index in [1.165, 1.54) is 6.07 Å². The van der Waals surface area contributed by atoms with Crippen LogP contribution in [0.25, 0.3) is 0 Å². The summed E-state index contributed by atoms with van der Waals surface area (Å²) in [6.07, 6.45) is 1.25. The number of ketones is 1. The maximum Gasteiger partial charge on any atom is 0.326 e. The molecule has 1 amide bonds. The summed E-state index contributed by atoms with van der Waals surface area (Å²) in [7, 11) is 0. The highest BCUT2D eigenvalue weighted by atomic mass is 32.1. The Kier molecular flexibility index (Phi) is 6.94. The zero-order valence-corrected chi connectivity index (χ0v) is 12.7. The molecule has 0 saturated heterocycles. The second-order valence-corrected chi connectivity index (χ2v) is 5.04. The summed E-state index contributed by atoms with van der Waals surface area (Å²) in [4.78, 5) is 35.3. The molecule has 0 aliphatic rings. The van der Waals surface area contributed by atoms with Gasteiger partial charge in [-0.25, -0.2) is 4.79 Å². The van der Waals surface area contributed by atoms with Crippen LogP contribution in [0.3, 0.4) is 0 Å². The molecular weight excluding hydrogens is 290 g/mol. The molecule has 1 aromatic carbocycles. The number of thiol groups is 1. The van der Waals surface area contributed by atoms with E-state index in [2.05, 4.69) is 17.9 Å². The Hall–Kier alpha value is -1.82. The van der Waals surface area contributed by atoms with Crippen LogP contribution in [0.4, 0.5) is 0 Å². The molecule has 2 N–H and O–H groups in total. The van der Waals surface area contributed by atoms with Gasteiger partial charge in [0.25, 0.3) is 5.91 Å². The Balaban J connectivity index is 2.96. The molecule has 6 heteroatoms. The van der Waals surface area contributed by atoms with Crippen LogP contribution in [0, 0.1) is 0 Å². The lowest BCUT2D eigenvalue weighted by Gasteiger charge is -2.15. The molecule has 0 bridgehead atoms. The maximum atomic E-state index is 12.2. The first-order chi connectivity index (χ1) is 10.0. The van der Waals surface area contributed by atoms with Crippen LogP contribution in [-0.4, -0.2) is 34.6 Å². The van der Waals surface area contributed by atoms with Crippen molar-refractivity contribution in [2.45, 2.75) is 32.2 Å². The maximum absolute atomic E-state index is 12.2. The molecule has 5 nitrogen and oxygen atoms in total. The summed E-state index contributed by atoms with van der Waals surface area (Å²) in [5.74, 6) is -1.45. The number of carbonyl (C=O) groups is 3. The zero-order chi connectivity index (χ0) is 15.8. The van der Waals surface area contributed by atoms with Gasteiger partial charge < -0.3 is 10.4 Å². The SMILES string of the molecule is CCCC(=O)c1ccccc1C(=O)N[C@@H](CCS)C(=O)O. The van der Waals surface area contributed by atoms with Crippen molar-refractivity contribution >= 4 is 30.3 Å². The Bertz CT molecular complexity index is 530. The molecule has 0 heterocycles. The van der Waals surface area contributed by atoms with Gasteiger partial charge in [0.1, 0.15) is 6.04 Å².